The van der Waals surface area contributed by atoms with Crippen molar-refractivity contribution in [1.29, 1.82) is 0 Å². The monoisotopic (exact) mass is 523 g/mol. The van der Waals surface area contributed by atoms with E-state index in [1.165, 1.54) is 11.8 Å². The van der Waals surface area contributed by atoms with Crippen LogP contribution in [0.1, 0.15) is 38.7 Å². The van der Waals surface area contributed by atoms with E-state index < -0.39 is 53.8 Å². The lowest BCUT2D eigenvalue weighted by molar-refractivity contribution is -0.142. The highest BCUT2D eigenvalue weighted by Crippen LogP contribution is 2.09. The van der Waals surface area contributed by atoms with Crippen molar-refractivity contribution in [1.82, 2.24) is 16.0 Å². The van der Waals surface area contributed by atoms with Crippen LogP contribution in [0.25, 0.3) is 0 Å². The maximum Gasteiger partial charge on any atom is 0.326 e. The molecule has 4 atom stereocenters. The molecule has 8 N–H and O–H groups in total. The van der Waals surface area contributed by atoms with Gasteiger partial charge in [-0.15, -0.1) is 0 Å². The summed E-state index contributed by atoms with van der Waals surface area (Å²) in [6, 6.07) is 4.48. The number of hydrogen-bond donors (Lipinski definition) is 6. The van der Waals surface area contributed by atoms with Crippen LogP contribution in [0.3, 0.4) is 0 Å². The average molecular weight is 524 g/mol. The van der Waals surface area contributed by atoms with E-state index in [0.717, 1.165) is 5.56 Å². The second-order valence-corrected chi connectivity index (χ2v) is 9.89. The molecule has 0 fully saturated rings. The van der Waals surface area contributed by atoms with Crippen LogP contribution in [0.5, 0.6) is 0 Å². The molecule has 0 spiro atoms. The first-order valence-electron chi connectivity index (χ1n) is 11.6. The first-order valence-corrected chi connectivity index (χ1v) is 13.0. The number of amides is 4. The van der Waals surface area contributed by atoms with E-state index in [4.69, 9.17) is 11.5 Å². The Balaban J connectivity index is 3.10. The highest BCUT2D eigenvalue weighted by Gasteiger charge is 2.30. The van der Waals surface area contributed by atoms with Crippen molar-refractivity contribution in [3.63, 3.8) is 0 Å². The molecule has 1 rings (SSSR count). The minimum atomic E-state index is -1.22. The minimum absolute atomic E-state index is 0.0179. The molecule has 1 aromatic rings. The number of benzene rings is 1. The van der Waals surface area contributed by atoms with Gasteiger partial charge < -0.3 is 32.5 Å². The van der Waals surface area contributed by atoms with Gasteiger partial charge >= 0.3 is 5.97 Å². The Morgan fingerprint density at radius 3 is 2.00 bits per heavy atom. The van der Waals surface area contributed by atoms with Gasteiger partial charge in [0.2, 0.25) is 23.6 Å². The molecule has 36 heavy (non-hydrogen) atoms. The number of primary amides is 1. The zero-order chi connectivity index (χ0) is 27.3. The molecule has 200 valence electrons. The molecule has 0 aliphatic heterocycles. The zero-order valence-corrected chi connectivity index (χ0v) is 21.7. The predicted octanol–water partition coefficient (Wildman–Crippen LogP) is -0.230. The number of nitrogens with one attached hydrogen (secondary N) is 3. The van der Waals surface area contributed by atoms with Gasteiger partial charge in [0.1, 0.15) is 18.1 Å². The second-order valence-electron chi connectivity index (χ2n) is 8.90. The molecule has 0 radical (unpaired) electrons. The van der Waals surface area contributed by atoms with E-state index in [-0.39, 0.29) is 31.6 Å². The van der Waals surface area contributed by atoms with Crippen molar-refractivity contribution >= 4 is 41.4 Å². The Morgan fingerprint density at radius 1 is 0.917 bits per heavy atom. The first-order chi connectivity index (χ1) is 16.9. The lowest BCUT2D eigenvalue weighted by Gasteiger charge is -2.25. The Bertz CT molecular complexity index is 898. The van der Waals surface area contributed by atoms with E-state index in [2.05, 4.69) is 16.0 Å². The smallest absolute Gasteiger partial charge is 0.326 e. The SMILES string of the molecule is CSCCC(NC(=O)C(N)CC(N)=O)C(=O)NC(Cc1ccccc1)C(=O)NC(CC(C)C)C(=O)O. The highest BCUT2D eigenvalue weighted by molar-refractivity contribution is 7.98. The predicted molar refractivity (Wildman–Crippen MR) is 138 cm³/mol. The summed E-state index contributed by atoms with van der Waals surface area (Å²) < 4.78 is 0. The highest BCUT2D eigenvalue weighted by atomic mass is 32.2. The summed E-state index contributed by atoms with van der Waals surface area (Å²) in [6.45, 7) is 3.68. The number of carboxylic acids is 1. The molecule has 0 bridgehead atoms. The number of aliphatic carboxylic acids is 1. The number of nitrogens with two attached hydrogens (primary N) is 2. The molecule has 1 aromatic carbocycles. The second kappa shape index (κ2) is 15.8. The quantitative estimate of drug-likeness (QED) is 0.171. The van der Waals surface area contributed by atoms with E-state index in [9.17, 15) is 29.1 Å². The van der Waals surface area contributed by atoms with Crippen LogP contribution < -0.4 is 27.4 Å². The third kappa shape index (κ3) is 11.5. The lowest BCUT2D eigenvalue weighted by Crippen LogP contribution is -2.58. The van der Waals surface area contributed by atoms with Gasteiger partial charge in [-0.05, 0) is 36.3 Å². The summed E-state index contributed by atoms with van der Waals surface area (Å²) in [5.74, 6) is -3.39. The number of rotatable bonds is 16. The van der Waals surface area contributed by atoms with Crippen LogP contribution in [0.2, 0.25) is 0 Å². The Hall–Kier alpha value is -3.12. The maximum atomic E-state index is 13.2. The van der Waals surface area contributed by atoms with E-state index in [1.807, 2.05) is 26.2 Å². The first kappa shape index (κ1) is 30.9. The number of thioether (sulfide) groups is 1. The number of hydrogen-bond acceptors (Lipinski definition) is 7. The molecular formula is C24H37N5O6S. The molecule has 0 aliphatic rings. The molecule has 4 amide bonds. The van der Waals surface area contributed by atoms with Crippen molar-refractivity contribution < 1.29 is 29.1 Å². The molecule has 4 unspecified atom stereocenters. The van der Waals surface area contributed by atoms with Crippen LogP contribution in [0, 0.1) is 5.92 Å². The van der Waals surface area contributed by atoms with E-state index in [0.29, 0.717) is 5.75 Å². The van der Waals surface area contributed by atoms with Gasteiger partial charge in [-0.25, -0.2) is 4.79 Å². The van der Waals surface area contributed by atoms with E-state index in [1.54, 1.807) is 24.3 Å². The van der Waals surface area contributed by atoms with Gasteiger partial charge in [0.15, 0.2) is 0 Å². The molecule has 0 aliphatic carbocycles. The minimum Gasteiger partial charge on any atom is -0.480 e. The number of carboxylic acid groups (broad SMARTS) is 1. The van der Waals surface area contributed by atoms with Crippen molar-refractivity contribution in [3.05, 3.63) is 35.9 Å². The van der Waals surface area contributed by atoms with Gasteiger partial charge in [-0.2, -0.15) is 11.8 Å². The van der Waals surface area contributed by atoms with Gasteiger partial charge in [0.25, 0.3) is 0 Å². The van der Waals surface area contributed by atoms with Crippen LogP contribution in [-0.4, -0.2) is 70.9 Å². The molecule has 0 saturated heterocycles. The van der Waals surface area contributed by atoms with Crippen LogP contribution in [-0.2, 0) is 30.4 Å². The Kier molecular flexibility index (Phi) is 13.6. The Labute approximate surface area is 215 Å². The van der Waals surface area contributed by atoms with Crippen molar-refractivity contribution in [3.8, 4) is 0 Å². The van der Waals surface area contributed by atoms with E-state index >= 15 is 0 Å². The molecule has 11 nitrogen and oxygen atoms in total. The van der Waals surface area contributed by atoms with Gasteiger partial charge in [-0.1, -0.05) is 44.2 Å². The van der Waals surface area contributed by atoms with Crippen molar-refractivity contribution in [2.45, 2.75) is 63.7 Å². The maximum absolute atomic E-state index is 13.2. The van der Waals surface area contributed by atoms with Crippen molar-refractivity contribution in [2.24, 2.45) is 17.4 Å². The number of carbonyl (C=O) groups is 5. The fraction of sp³-hybridized carbons (Fsp3) is 0.542. The summed E-state index contributed by atoms with van der Waals surface area (Å²) >= 11 is 1.46. The van der Waals surface area contributed by atoms with Gasteiger partial charge in [-0.3, -0.25) is 19.2 Å². The summed E-state index contributed by atoms with van der Waals surface area (Å²) in [7, 11) is 0. The summed E-state index contributed by atoms with van der Waals surface area (Å²) in [5, 5.41) is 17.2. The van der Waals surface area contributed by atoms with Gasteiger partial charge in [0.05, 0.1) is 12.5 Å². The summed E-state index contributed by atoms with van der Waals surface area (Å²) in [4.78, 5) is 61.5. The van der Waals surface area contributed by atoms with Crippen LogP contribution >= 0.6 is 11.8 Å². The molecule has 0 saturated carbocycles. The average Bonchev–Trinajstić information content (AvgIpc) is 2.80. The standard InChI is InChI=1S/C24H37N5O6S/c1-14(2)11-19(24(34)35)29-23(33)18(12-15-7-5-4-6-8-15)28-22(32)17(9-10-36-3)27-21(31)16(25)13-20(26)30/h4-8,14,16-19H,9-13,25H2,1-3H3,(H2,26,30)(H,27,31)(H,28,32)(H,29,33)(H,34,35). The molecular weight excluding hydrogens is 486 g/mol. The zero-order valence-electron chi connectivity index (χ0n) is 20.9. The fourth-order valence-corrected chi connectivity index (χ4v) is 3.86. The van der Waals surface area contributed by atoms with Crippen LogP contribution in [0.15, 0.2) is 30.3 Å². The number of carbonyl (C=O) groups excluding carboxylic acids is 4. The normalized spacial score (nSPS) is 14.2. The third-order valence-corrected chi connectivity index (χ3v) is 5.88. The molecule has 0 aromatic heterocycles. The lowest BCUT2D eigenvalue weighted by atomic mass is 10.0. The van der Waals surface area contributed by atoms with Crippen LogP contribution in [0.4, 0.5) is 0 Å². The third-order valence-electron chi connectivity index (χ3n) is 5.24. The topological polar surface area (TPSA) is 194 Å². The summed E-state index contributed by atoms with van der Waals surface area (Å²) in [5.41, 5.74) is 11.5. The molecule has 0 heterocycles. The largest absolute Gasteiger partial charge is 0.480 e. The Morgan fingerprint density at radius 2 is 1.47 bits per heavy atom. The fourth-order valence-electron chi connectivity index (χ4n) is 3.39. The van der Waals surface area contributed by atoms with Crippen molar-refractivity contribution in [2.75, 3.05) is 12.0 Å². The molecule has 12 heteroatoms. The van der Waals surface area contributed by atoms with Gasteiger partial charge in [0, 0.05) is 6.42 Å². The summed E-state index contributed by atoms with van der Waals surface area (Å²) in [6.07, 6.45) is 2.02.